The van der Waals surface area contributed by atoms with Crippen LogP contribution in [0.5, 0.6) is 11.5 Å². The van der Waals surface area contributed by atoms with Crippen molar-refractivity contribution in [2.45, 2.75) is 44.9 Å². The molecule has 1 aromatic heterocycles. The predicted molar refractivity (Wildman–Crippen MR) is 104 cm³/mol. The zero-order chi connectivity index (χ0) is 18.3. The van der Waals surface area contributed by atoms with Gasteiger partial charge in [0.2, 0.25) is 0 Å². The predicted octanol–water partition coefficient (Wildman–Crippen LogP) is 5.38. The molecule has 2 aliphatic carbocycles. The maximum atomic E-state index is 5.48. The minimum absolute atomic E-state index is 0. The molecule has 2 aromatic carbocycles. The standard InChI is InChI=1S/C23H24NO2.Ir/c1-22(2)17-8-9-23(22,3)20-14-7-6-13-10-18(25-4)19(26-5)11-15(13)21(14)24-12-16(17)20;/h6-7,10,12,17H,8-9H2,1-5H3;/q-1;/t17-,23+;/m1./s1. The van der Waals surface area contributed by atoms with Gasteiger partial charge in [-0.05, 0) is 51.6 Å². The normalized spacial score (nSPS) is 24.7. The topological polar surface area (TPSA) is 31.4 Å². The van der Waals surface area contributed by atoms with Gasteiger partial charge >= 0.3 is 0 Å². The van der Waals surface area contributed by atoms with Crippen molar-refractivity contribution in [3.8, 4) is 11.5 Å². The van der Waals surface area contributed by atoms with E-state index in [4.69, 9.17) is 14.5 Å². The van der Waals surface area contributed by atoms with Crippen molar-refractivity contribution in [2.75, 3.05) is 14.2 Å². The third kappa shape index (κ3) is 2.14. The first-order chi connectivity index (χ1) is 12.4. The Morgan fingerprint density at radius 2 is 1.93 bits per heavy atom. The molecule has 4 heteroatoms. The summed E-state index contributed by atoms with van der Waals surface area (Å²) in [5, 5.41) is 3.36. The Morgan fingerprint density at radius 1 is 1.15 bits per heavy atom. The van der Waals surface area contributed by atoms with Crippen molar-refractivity contribution in [3.63, 3.8) is 0 Å². The Bertz CT molecular complexity index is 1080. The number of fused-ring (bicyclic) bond motifs is 9. The third-order valence-electron chi connectivity index (χ3n) is 7.43. The average molecular weight is 539 g/mol. The number of aromatic nitrogens is 1. The SMILES string of the molecule is COc1[c-]c2c(ccc3c4c(cnc32)[C@H]2CC[C@]4(C)C2(C)C)cc1OC.[Ir]. The molecule has 3 nitrogen and oxygen atoms in total. The number of methoxy groups -OCH3 is 2. The Hall–Kier alpha value is -1.64. The number of hydrogen-bond acceptors (Lipinski definition) is 3. The third-order valence-corrected chi connectivity index (χ3v) is 7.43. The molecule has 0 N–H and O–H groups in total. The van der Waals surface area contributed by atoms with Crippen LogP contribution in [0.3, 0.4) is 0 Å². The zero-order valence-electron chi connectivity index (χ0n) is 16.4. The molecule has 1 fully saturated rings. The molecule has 2 aliphatic rings. The Kier molecular flexibility index (Phi) is 4.11. The first-order valence-corrected chi connectivity index (χ1v) is 9.32. The second-order valence-electron chi connectivity index (χ2n) is 8.53. The van der Waals surface area contributed by atoms with Crippen LogP contribution in [0.1, 0.15) is 50.7 Å². The van der Waals surface area contributed by atoms with Crippen LogP contribution in [0.4, 0.5) is 0 Å². The summed E-state index contributed by atoms with van der Waals surface area (Å²) in [5.74, 6) is 1.94. The molecule has 1 radical (unpaired) electrons. The van der Waals surface area contributed by atoms with E-state index in [2.05, 4.69) is 45.2 Å². The van der Waals surface area contributed by atoms with Crippen molar-refractivity contribution in [1.29, 1.82) is 0 Å². The molecule has 1 heterocycles. The van der Waals surface area contributed by atoms with Crippen molar-refractivity contribution >= 4 is 21.7 Å². The molecule has 2 atom stereocenters. The summed E-state index contributed by atoms with van der Waals surface area (Å²) >= 11 is 0. The van der Waals surface area contributed by atoms with Gasteiger partial charge in [-0.15, -0.1) is 10.8 Å². The number of hydrogen-bond donors (Lipinski definition) is 0. The second kappa shape index (κ2) is 5.93. The second-order valence-corrected chi connectivity index (χ2v) is 8.53. The van der Waals surface area contributed by atoms with E-state index in [9.17, 15) is 0 Å². The van der Waals surface area contributed by atoms with Crippen LogP contribution in [0.15, 0.2) is 24.4 Å². The molecule has 5 rings (SSSR count). The summed E-state index contributed by atoms with van der Waals surface area (Å²) in [6, 6.07) is 9.82. The van der Waals surface area contributed by atoms with E-state index in [1.165, 1.54) is 29.4 Å². The maximum Gasteiger partial charge on any atom is 0.0776 e. The van der Waals surface area contributed by atoms with Crippen LogP contribution in [0.25, 0.3) is 21.7 Å². The number of benzene rings is 2. The van der Waals surface area contributed by atoms with Crippen LogP contribution < -0.4 is 9.47 Å². The smallest absolute Gasteiger partial charge is 0.0776 e. The van der Waals surface area contributed by atoms with Gasteiger partial charge in [-0.3, -0.25) is 0 Å². The Morgan fingerprint density at radius 3 is 2.63 bits per heavy atom. The minimum atomic E-state index is 0. The van der Waals surface area contributed by atoms with Crippen molar-refractivity contribution in [1.82, 2.24) is 4.98 Å². The van der Waals surface area contributed by atoms with Gasteiger partial charge in [-0.25, -0.2) is 0 Å². The molecule has 0 saturated heterocycles. The fourth-order valence-electron chi connectivity index (χ4n) is 5.61. The molecule has 3 aromatic rings. The monoisotopic (exact) mass is 539 g/mol. The van der Waals surface area contributed by atoms with Gasteiger partial charge in [0.1, 0.15) is 0 Å². The van der Waals surface area contributed by atoms with Gasteiger partial charge in [0, 0.05) is 26.3 Å². The van der Waals surface area contributed by atoms with Crippen LogP contribution in [-0.2, 0) is 25.5 Å². The quantitative estimate of drug-likeness (QED) is 0.325. The molecule has 27 heavy (non-hydrogen) atoms. The molecule has 0 amide bonds. The van der Waals surface area contributed by atoms with E-state index in [0.717, 1.165) is 16.3 Å². The number of nitrogens with zero attached hydrogens (tertiary/aromatic N) is 1. The first kappa shape index (κ1) is 18.7. The molecule has 143 valence electrons. The van der Waals surface area contributed by atoms with Gasteiger partial charge in [0.25, 0.3) is 0 Å². The summed E-state index contributed by atoms with van der Waals surface area (Å²) in [5.41, 5.74) is 4.47. The molecular weight excluding hydrogens is 514 g/mol. The van der Waals surface area contributed by atoms with Crippen LogP contribution in [-0.4, -0.2) is 19.2 Å². The van der Waals surface area contributed by atoms with Crippen LogP contribution >= 0.6 is 0 Å². The van der Waals surface area contributed by atoms with Gasteiger partial charge < -0.3 is 14.5 Å². The van der Waals surface area contributed by atoms with E-state index >= 15 is 0 Å². The number of ether oxygens (including phenoxy) is 2. The van der Waals surface area contributed by atoms with Crippen molar-refractivity contribution in [2.24, 2.45) is 5.41 Å². The summed E-state index contributed by atoms with van der Waals surface area (Å²) in [6.07, 6.45) is 4.65. The molecule has 0 spiro atoms. The number of rotatable bonds is 2. The van der Waals surface area contributed by atoms with Gasteiger partial charge in [-0.1, -0.05) is 45.0 Å². The number of pyridine rings is 1. The molecule has 2 bridgehead atoms. The van der Waals surface area contributed by atoms with E-state index in [1.807, 2.05) is 6.07 Å². The van der Waals surface area contributed by atoms with E-state index < -0.39 is 0 Å². The van der Waals surface area contributed by atoms with Crippen molar-refractivity contribution < 1.29 is 29.6 Å². The first-order valence-electron chi connectivity index (χ1n) is 9.32. The van der Waals surface area contributed by atoms with Crippen molar-refractivity contribution in [3.05, 3.63) is 41.6 Å². The Balaban J connectivity index is 0.00000180. The summed E-state index contributed by atoms with van der Waals surface area (Å²) in [4.78, 5) is 4.90. The van der Waals surface area contributed by atoms with Crippen LogP contribution in [0, 0.1) is 11.5 Å². The fraction of sp³-hybridized carbons (Fsp3) is 0.435. The van der Waals surface area contributed by atoms with E-state index in [0.29, 0.717) is 17.4 Å². The van der Waals surface area contributed by atoms with Crippen LogP contribution in [0.2, 0.25) is 0 Å². The van der Waals surface area contributed by atoms with E-state index in [-0.39, 0.29) is 30.9 Å². The average Bonchev–Trinajstić information content (AvgIpc) is 2.98. The molecule has 1 saturated carbocycles. The maximum absolute atomic E-state index is 5.48. The Labute approximate surface area is 173 Å². The van der Waals surface area contributed by atoms with Gasteiger partial charge in [0.15, 0.2) is 0 Å². The molecule has 0 aliphatic heterocycles. The minimum Gasteiger partial charge on any atom is -0.536 e. The summed E-state index contributed by atoms with van der Waals surface area (Å²) < 4.78 is 10.9. The van der Waals surface area contributed by atoms with E-state index in [1.54, 1.807) is 14.2 Å². The molecule has 0 unspecified atom stereocenters. The summed E-state index contributed by atoms with van der Waals surface area (Å²) in [7, 11) is 3.31. The van der Waals surface area contributed by atoms with Gasteiger partial charge in [-0.2, -0.15) is 0 Å². The zero-order valence-corrected chi connectivity index (χ0v) is 18.8. The molecular formula is C23H24IrNO2-. The fourth-order valence-corrected chi connectivity index (χ4v) is 5.61. The largest absolute Gasteiger partial charge is 0.536 e. The van der Waals surface area contributed by atoms with Gasteiger partial charge in [0.05, 0.1) is 25.7 Å². The summed E-state index contributed by atoms with van der Waals surface area (Å²) in [6.45, 7) is 7.30.